The molecule has 30 heavy (non-hydrogen) atoms. The number of carbonyl (C=O) groups excluding carboxylic acids is 1. The number of thiazole rings is 1. The maximum Gasteiger partial charge on any atom is 0.350 e. The maximum absolute atomic E-state index is 12.0. The molecule has 10 heteroatoms. The van der Waals surface area contributed by atoms with Crippen LogP contribution >= 0.6 is 35.3 Å². The number of nitrogens with one attached hydrogen (secondary N) is 2. The van der Waals surface area contributed by atoms with Crippen molar-refractivity contribution in [2.24, 2.45) is 4.99 Å². The molecule has 2 aromatic rings. The van der Waals surface area contributed by atoms with E-state index in [9.17, 15) is 4.79 Å². The first-order valence-corrected chi connectivity index (χ1v) is 10.6. The molecule has 2 rings (SSSR count). The highest BCUT2D eigenvalue weighted by molar-refractivity contribution is 14.0. The topological polar surface area (TPSA) is 97.7 Å². The lowest BCUT2D eigenvalue weighted by Crippen LogP contribution is -2.38. The molecule has 2 heterocycles. The molecular weight excluding hydrogens is 517 g/mol. The fourth-order valence-corrected chi connectivity index (χ4v) is 3.51. The molecule has 0 amide bonds. The standard InChI is InChI=1S/C20H29N5O3S.HI/c1-6-21-20(23-12-15-10-9-11-22-17(15)27-7-2)25-14(5)18-24-13(4)16(29-18)19(26)28-8-3;/h9-11,14H,6-8,12H2,1-5H3,(H2,21,23,25);1H. The van der Waals surface area contributed by atoms with Crippen LogP contribution in [0.15, 0.2) is 23.3 Å². The minimum Gasteiger partial charge on any atom is -0.478 e. The molecule has 0 aromatic carbocycles. The third kappa shape index (κ3) is 7.38. The average Bonchev–Trinajstić information content (AvgIpc) is 3.09. The number of halogens is 1. The van der Waals surface area contributed by atoms with Gasteiger partial charge in [-0.25, -0.2) is 19.8 Å². The highest BCUT2D eigenvalue weighted by Gasteiger charge is 2.20. The van der Waals surface area contributed by atoms with Gasteiger partial charge in [0.2, 0.25) is 5.88 Å². The van der Waals surface area contributed by atoms with Crippen LogP contribution in [0.1, 0.15) is 59.7 Å². The lowest BCUT2D eigenvalue weighted by Gasteiger charge is -2.16. The van der Waals surface area contributed by atoms with Crippen LogP contribution in [0.5, 0.6) is 5.88 Å². The molecular formula is C20H30IN5O3S. The Morgan fingerprint density at radius 1 is 1.30 bits per heavy atom. The minimum atomic E-state index is -0.332. The van der Waals surface area contributed by atoms with Crippen LogP contribution in [0.3, 0.4) is 0 Å². The van der Waals surface area contributed by atoms with Crippen molar-refractivity contribution in [3.8, 4) is 5.88 Å². The highest BCUT2D eigenvalue weighted by Crippen LogP contribution is 2.24. The average molecular weight is 547 g/mol. The van der Waals surface area contributed by atoms with E-state index in [-0.39, 0.29) is 36.0 Å². The summed E-state index contributed by atoms with van der Waals surface area (Å²) in [6, 6.07) is 3.69. The van der Waals surface area contributed by atoms with Crippen LogP contribution in [-0.4, -0.2) is 41.7 Å². The third-order valence-electron chi connectivity index (χ3n) is 3.88. The number of pyridine rings is 1. The summed E-state index contributed by atoms with van der Waals surface area (Å²) >= 11 is 1.34. The Morgan fingerprint density at radius 3 is 2.73 bits per heavy atom. The van der Waals surface area contributed by atoms with E-state index in [0.717, 1.165) is 17.1 Å². The number of guanidine groups is 1. The Balaban J connectivity index is 0.00000450. The van der Waals surface area contributed by atoms with Crippen molar-refractivity contribution in [1.82, 2.24) is 20.6 Å². The number of carbonyl (C=O) groups is 1. The SMILES string of the molecule is CCNC(=NCc1cccnc1OCC)NC(C)c1nc(C)c(C(=O)OCC)s1.I. The van der Waals surface area contributed by atoms with Crippen molar-refractivity contribution in [2.45, 2.75) is 47.2 Å². The lowest BCUT2D eigenvalue weighted by atomic mass is 10.3. The van der Waals surface area contributed by atoms with Gasteiger partial charge in [-0.2, -0.15) is 0 Å². The number of ether oxygens (including phenoxy) is 2. The molecule has 0 radical (unpaired) electrons. The predicted octanol–water partition coefficient (Wildman–Crippen LogP) is 3.86. The number of hydrogen-bond acceptors (Lipinski definition) is 7. The van der Waals surface area contributed by atoms with Crippen LogP contribution in [0, 0.1) is 6.92 Å². The minimum absolute atomic E-state index is 0. The van der Waals surface area contributed by atoms with Crippen LogP contribution in [0.4, 0.5) is 0 Å². The summed E-state index contributed by atoms with van der Waals surface area (Å²) < 4.78 is 10.7. The zero-order chi connectivity index (χ0) is 21.2. The van der Waals surface area contributed by atoms with E-state index in [2.05, 4.69) is 25.6 Å². The Bertz CT molecular complexity index is 844. The first kappa shape index (κ1) is 26.1. The van der Waals surface area contributed by atoms with Gasteiger partial charge in [-0.1, -0.05) is 6.07 Å². The number of esters is 1. The summed E-state index contributed by atoms with van der Waals surface area (Å²) in [5.74, 6) is 0.913. The monoisotopic (exact) mass is 547 g/mol. The van der Waals surface area contributed by atoms with Gasteiger partial charge < -0.3 is 20.1 Å². The van der Waals surface area contributed by atoms with Crippen molar-refractivity contribution < 1.29 is 14.3 Å². The summed E-state index contributed by atoms with van der Waals surface area (Å²) in [5.41, 5.74) is 1.59. The Labute approximate surface area is 198 Å². The normalized spacial score (nSPS) is 12.0. The van der Waals surface area contributed by atoms with Crippen LogP contribution in [-0.2, 0) is 11.3 Å². The third-order valence-corrected chi connectivity index (χ3v) is 5.20. The summed E-state index contributed by atoms with van der Waals surface area (Å²) in [7, 11) is 0. The van der Waals surface area contributed by atoms with Gasteiger partial charge in [-0.3, -0.25) is 0 Å². The van der Waals surface area contributed by atoms with Gasteiger partial charge >= 0.3 is 5.97 Å². The molecule has 0 aliphatic rings. The van der Waals surface area contributed by atoms with Crippen molar-refractivity contribution in [1.29, 1.82) is 0 Å². The van der Waals surface area contributed by atoms with E-state index < -0.39 is 0 Å². The number of nitrogens with zero attached hydrogens (tertiary/aromatic N) is 3. The van der Waals surface area contributed by atoms with Crippen LogP contribution < -0.4 is 15.4 Å². The molecule has 1 unspecified atom stereocenters. The Hall–Kier alpha value is -1.95. The number of hydrogen-bond donors (Lipinski definition) is 2. The molecule has 0 aliphatic heterocycles. The van der Waals surface area contributed by atoms with Gasteiger partial charge in [0, 0.05) is 18.3 Å². The summed E-state index contributed by atoms with van der Waals surface area (Å²) in [5, 5.41) is 7.37. The molecule has 0 fully saturated rings. The molecule has 0 spiro atoms. The highest BCUT2D eigenvalue weighted by atomic mass is 127. The second kappa shape index (κ2) is 13.4. The summed E-state index contributed by atoms with van der Waals surface area (Å²) in [6.07, 6.45) is 1.70. The van der Waals surface area contributed by atoms with Crippen LogP contribution in [0.25, 0.3) is 0 Å². The van der Waals surface area contributed by atoms with E-state index in [1.165, 1.54) is 11.3 Å². The largest absolute Gasteiger partial charge is 0.478 e. The summed E-state index contributed by atoms with van der Waals surface area (Å²) in [6.45, 7) is 11.6. The first-order chi connectivity index (χ1) is 14.0. The maximum atomic E-state index is 12.0. The van der Waals surface area contributed by atoms with Crippen molar-refractivity contribution in [3.63, 3.8) is 0 Å². The van der Waals surface area contributed by atoms with Gasteiger partial charge in [0.25, 0.3) is 0 Å². The van der Waals surface area contributed by atoms with Crippen molar-refractivity contribution in [2.75, 3.05) is 19.8 Å². The number of rotatable bonds is 9. The second-order valence-corrected chi connectivity index (χ2v) is 7.18. The smallest absolute Gasteiger partial charge is 0.350 e. The van der Waals surface area contributed by atoms with E-state index in [1.54, 1.807) is 13.1 Å². The van der Waals surface area contributed by atoms with E-state index in [4.69, 9.17) is 9.47 Å². The van der Waals surface area contributed by atoms with Crippen molar-refractivity contribution >= 4 is 47.2 Å². The number of aliphatic imine (C=N–C) groups is 1. The molecule has 166 valence electrons. The van der Waals surface area contributed by atoms with Gasteiger partial charge in [-0.15, -0.1) is 35.3 Å². The predicted molar refractivity (Wildman–Crippen MR) is 130 cm³/mol. The molecule has 0 saturated carbocycles. The van der Waals surface area contributed by atoms with E-state index in [0.29, 0.717) is 42.2 Å². The Morgan fingerprint density at radius 2 is 2.07 bits per heavy atom. The fourth-order valence-electron chi connectivity index (χ4n) is 2.55. The molecule has 8 nitrogen and oxygen atoms in total. The second-order valence-electron chi connectivity index (χ2n) is 6.15. The van der Waals surface area contributed by atoms with E-state index >= 15 is 0 Å². The lowest BCUT2D eigenvalue weighted by molar-refractivity contribution is 0.0531. The first-order valence-electron chi connectivity index (χ1n) is 9.76. The quantitative estimate of drug-likeness (QED) is 0.213. The van der Waals surface area contributed by atoms with Gasteiger partial charge in [-0.05, 0) is 40.7 Å². The molecule has 2 aromatic heterocycles. The van der Waals surface area contributed by atoms with Gasteiger partial charge in [0.15, 0.2) is 5.96 Å². The molecule has 0 saturated heterocycles. The zero-order valence-electron chi connectivity index (χ0n) is 18.0. The van der Waals surface area contributed by atoms with Gasteiger partial charge in [0.05, 0.1) is 31.5 Å². The molecule has 1 atom stereocenters. The molecule has 0 bridgehead atoms. The number of aryl methyl sites for hydroxylation is 1. The molecule has 0 aliphatic carbocycles. The van der Waals surface area contributed by atoms with Gasteiger partial charge in [0.1, 0.15) is 9.88 Å². The van der Waals surface area contributed by atoms with Crippen molar-refractivity contribution in [3.05, 3.63) is 39.5 Å². The van der Waals surface area contributed by atoms with E-state index in [1.807, 2.05) is 39.8 Å². The number of aromatic nitrogens is 2. The summed E-state index contributed by atoms with van der Waals surface area (Å²) in [4.78, 5) is 26.0. The molecule has 2 N–H and O–H groups in total. The fraction of sp³-hybridized carbons (Fsp3) is 0.500. The Kier molecular flexibility index (Phi) is 11.6. The van der Waals surface area contributed by atoms with Crippen LogP contribution in [0.2, 0.25) is 0 Å². The zero-order valence-corrected chi connectivity index (χ0v) is 21.2.